The molecule has 0 bridgehead atoms. The van der Waals surface area contributed by atoms with Gasteiger partial charge in [-0.25, -0.2) is 9.78 Å². The van der Waals surface area contributed by atoms with E-state index in [9.17, 15) is 9.59 Å². The second kappa shape index (κ2) is 5.78. The summed E-state index contributed by atoms with van der Waals surface area (Å²) in [6.45, 7) is -0.00481. The highest BCUT2D eigenvalue weighted by atomic mass is 32.1. The quantitative estimate of drug-likeness (QED) is 0.716. The van der Waals surface area contributed by atoms with Gasteiger partial charge in [0, 0.05) is 9.75 Å². The molecule has 5 rings (SSSR count). The van der Waals surface area contributed by atoms with Gasteiger partial charge in [0.15, 0.2) is 0 Å². The second-order valence-corrected chi connectivity index (χ2v) is 8.76. The van der Waals surface area contributed by atoms with Crippen LogP contribution in [0.15, 0.2) is 10.9 Å². The van der Waals surface area contributed by atoms with E-state index in [0.29, 0.717) is 10.7 Å². The van der Waals surface area contributed by atoms with Crippen molar-refractivity contribution in [1.82, 2.24) is 9.97 Å². The fourth-order valence-corrected chi connectivity index (χ4v) is 6.18. The Morgan fingerprint density at radius 2 is 2.00 bits per heavy atom. The first kappa shape index (κ1) is 15.3. The van der Waals surface area contributed by atoms with Crippen LogP contribution >= 0.6 is 22.7 Å². The van der Waals surface area contributed by atoms with Crippen LogP contribution in [0.1, 0.15) is 49.2 Å². The lowest BCUT2D eigenvalue weighted by molar-refractivity contribution is 0.0468. The van der Waals surface area contributed by atoms with Crippen LogP contribution in [0.3, 0.4) is 0 Å². The molecule has 7 heteroatoms. The third-order valence-corrected chi connectivity index (χ3v) is 7.31. The van der Waals surface area contributed by atoms with Crippen molar-refractivity contribution in [2.75, 3.05) is 0 Å². The molecule has 0 radical (unpaired) electrons. The molecule has 0 aliphatic heterocycles. The van der Waals surface area contributed by atoms with Gasteiger partial charge in [0.1, 0.15) is 22.1 Å². The summed E-state index contributed by atoms with van der Waals surface area (Å²) in [4.78, 5) is 35.9. The first-order valence-electron chi connectivity index (χ1n) is 8.51. The van der Waals surface area contributed by atoms with Gasteiger partial charge >= 0.3 is 5.97 Å². The van der Waals surface area contributed by atoms with Gasteiger partial charge in [0.2, 0.25) is 0 Å². The zero-order valence-corrected chi connectivity index (χ0v) is 15.1. The number of nitrogens with zero attached hydrogens (tertiary/aromatic N) is 1. The molecule has 25 heavy (non-hydrogen) atoms. The number of nitrogens with one attached hydrogen (secondary N) is 1. The maximum absolute atomic E-state index is 12.4. The Balaban J connectivity index is 1.37. The lowest BCUT2D eigenvalue weighted by atomic mass is 10.2. The van der Waals surface area contributed by atoms with Crippen molar-refractivity contribution < 1.29 is 9.53 Å². The number of aryl methyl sites for hydroxylation is 4. The molecule has 2 aliphatic carbocycles. The van der Waals surface area contributed by atoms with E-state index in [2.05, 4.69) is 9.97 Å². The number of fused-ring (bicyclic) bond motifs is 4. The van der Waals surface area contributed by atoms with Gasteiger partial charge in [-0.3, -0.25) is 4.79 Å². The predicted octanol–water partition coefficient (Wildman–Crippen LogP) is 3.38. The maximum atomic E-state index is 12.4. The number of carbonyl (C=O) groups excluding carboxylic acids is 1. The van der Waals surface area contributed by atoms with E-state index in [4.69, 9.17) is 4.74 Å². The van der Waals surface area contributed by atoms with E-state index >= 15 is 0 Å². The van der Waals surface area contributed by atoms with Gasteiger partial charge in [-0.2, -0.15) is 0 Å². The Hall–Kier alpha value is -1.99. The molecular formula is C18H16N2O3S2. The molecule has 0 saturated carbocycles. The van der Waals surface area contributed by atoms with E-state index in [0.717, 1.165) is 47.9 Å². The molecular weight excluding hydrogens is 356 g/mol. The zero-order valence-electron chi connectivity index (χ0n) is 13.5. The smallest absolute Gasteiger partial charge is 0.348 e. The highest BCUT2D eigenvalue weighted by Gasteiger charge is 2.22. The number of ether oxygens (including phenoxy) is 1. The fraction of sp³-hybridized carbons (Fsp3) is 0.389. The fourth-order valence-electron chi connectivity index (χ4n) is 3.75. The van der Waals surface area contributed by atoms with Crippen LogP contribution in [0.4, 0.5) is 0 Å². The third-order valence-electron chi connectivity index (χ3n) is 4.91. The van der Waals surface area contributed by atoms with E-state index < -0.39 is 0 Å². The number of H-pyrrole nitrogens is 1. The minimum absolute atomic E-state index is 0.00481. The number of aromatic amines is 1. The highest BCUT2D eigenvalue weighted by molar-refractivity contribution is 7.18. The van der Waals surface area contributed by atoms with E-state index in [1.807, 2.05) is 6.07 Å². The van der Waals surface area contributed by atoms with Crippen molar-refractivity contribution in [3.63, 3.8) is 0 Å². The lowest BCUT2D eigenvalue weighted by Gasteiger charge is -2.03. The predicted molar refractivity (Wildman–Crippen MR) is 97.7 cm³/mol. The van der Waals surface area contributed by atoms with Crippen LogP contribution in [0.2, 0.25) is 0 Å². The summed E-state index contributed by atoms with van der Waals surface area (Å²) < 4.78 is 5.38. The Labute approximate surface area is 151 Å². The Bertz CT molecular complexity index is 1040. The number of rotatable bonds is 3. The lowest BCUT2D eigenvalue weighted by Crippen LogP contribution is -2.14. The van der Waals surface area contributed by atoms with Crippen LogP contribution in [-0.4, -0.2) is 15.9 Å². The molecule has 3 heterocycles. The first-order valence-corrected chi connectivity index (χ1v) is 10.1. The van der Waals surface area contributed by atoms with Gasteiger partial charge in [-0.15, -0.1) is 22.7 Å². The van der Waals surface area contributed by atoms with Crippen molar-refractivity contribution in [3.8, 4) is 0 Å². The number of carbonyl (C=O) groups is 1. The van der Waals surface area contributed by atoms with Crippen molar-refractivity contribution >= 4 is 38.9 Å². The van der Waals surface area contributed by atoms with Gasteiger partial charge in [-0.05, 0) is 55.7 Å². The molecule has 5 nitrogen and oxygen atoms in total. The van der Waals surface area contributed by atoms with Gasteiger partial charge in [0.05, 0.1) is 5.39 Å². The van der Waals surface area contributed by atoms with Crippen molar-refractivity contribution in [1.29, 1.82) is 0 Å². The maximum Gasteiger partial charge on any atom is 0.348 e. The molecule has 0 atom stereocenters. The van der Waals surface area contributed by atoms with E-state index in [-0.39, 0.29) is 18.1 Å². The van der Waals surface area contributed by atoms with Gasteiger partial charge in [-0.1, -0.05) is 0 Å². The highest BCUT2D eigenvalue weighted by Crippen LogP contribution is 2.34. The Morgan fingerprint density at radius 1 is 1.16 bits per heavy atom. The number of hydrogen-bond donors (Lipinski definition) is 1. The average molecular weight is 372 g/mol. The molecule has 3 aromatic heterocycles. The summed E-state index contributed by atoms with van der Waals surface area (Å²) in [5.74, 6) is 0.0747. The number of thiophene rings is 2. The number of esters is 1. The zero-order chi connectivity index (χ0) is 17.0. The summed E-state index contributed by atoms with van der Waals surface area (Å²) in [5.41, 5.74) is 2.31. The SMILES string of the molecule is O=C(OCc1nc2sc3c(c2c(=O)[nH]1)CCC3)c1cc2c(s1)CCC2. The number of hydrogen-bond acceptors (Lipinski definition) is 6. The van der Waals surface area contributed by atoms with Gasteiger partial charge in [0.25, 0.3) is 5.56 Å². The molecule has 2 aliphatic rings. The van der Waals surface area contributed by atoms with Crippen LogP contribution in [-0.2, 0) is 37.0 Å². The second-order valence-electron chi connectivity index (χ2n) is 6.54. The van der Waals surface area contributed by atoms with Crippen LogP contribution in [0.25, 0.3) is 10.2 Å². The molecule has 3 aromatic rings. The summed E-state index contributed by atoms with van der Waals surface area (Å²) in [6, 6.07) is 1.94. The monoisotopic (exact) mass is 372 g/mol. The summed E-state index contributed by atoms with van der Waals surface area (Å²) in [6.07, 6.45) is 6.38. The van der Waals surface area contributed by atoms with Crippen LogP contribution in [0, 0.1) is 0 Å². The number of aromatic nitrogens is 2. The largest absolute Gasteiger partial charge is 0.453 e. The Kier molecular flexibility index (Phi) is 3.53. The summed E-state index contributed by atoms with van der Waals surface area (Å²) in [5, 5.41) is 0.724. The van der Waals surface area contributed by atoms with E-state index in [1.54, 1.807) is 11.3 Å². The molecule has 1 N–H and O–H groups in total. The van der Waals surface area contributed by atoms with E-state index in [1.165, 1.54) is 33.1 Å². The molecule has 0 spiro atoms. The van der Waals surface area contributed by atoms with Crippen LogP contribution in [0.5, 0.6) is 0 Å². The van der Waals surface area contributed by atoms with Crippen molar-refractivity contribution in [3.05, 3.63) is 48.0 Å². The standard InChI is InChI=1S/C18H16N2O3S2/c21-16-15-10-4-2-6-12(10)25-17(15)20-14(19-16)8-23-18(22)13-7-9-3-1-5-11(9)24-13/h7H,1-6,8H2,(H,19,20,21). The van der Waals surface area contributed by atoms with Crippen LogP contribution < -0.4 is 5.56 Å². The Morgan fingerprint density at radius 3 is 2.88 bits per heavy atom. The third kappa shape index (κ3) is 2.53. The summed E-state index contributed by atoms with van der Waals surface area (Å²) in [7, 11) is 0. The molecule has 128 valence electrons. The average Bonchev–Trinajstić information content (AvgIpc) is 3.30. The minimum atomic E-state index is -0.337. The molecule has 0 fully saturated rings. The van der Waals surface area contributed by atoms with Gasteiger partial charge < -0.3 is 9.72 Å². The first-order chi connectivity index (χ1) is 12.2. The molecule has 0 saturated heterocycles. The topological polar surface area (TPSA) is 72.0 Å². The normalized spacial score (nSPS) is 15.5. The van der Waals surface area contributed by atoms with Crippen molar-refractivity contribution in [2.45, 2.75) is 45.1 Å². The minimum Gasteiger partial charge on any atom is -0.453 e. The summed E-state index contributed by atoms with van der Waals surface area (Å²) >= 11 is 3.11. The molecule has 0 unspecified atom stereocenters. The molecule has 0 aromatic carbocycles. The van der Waals surface area contributed by atoms with Crippen molar-refractivity contribution in [2.24, 2.45) is 0 Å². The molecule has 0 amide bonds.